The van der Waals surface area contributed by atoms with Gasteiger partial charge >= 0.3 is 0 Å². The number of benzene rings is 1. The van der Waals surface area contributed by atoms with Crippen molar-refractivity contribution in [1.29, 1.82) is 5.26 Å². The fourth-order valence-corrected chi connectivity index (χ4v) is 2.71. The average Bonchev–Trinajstić information content (AvgIpc) is 2.63. The molecule has 2 heterocycles. The van der Waals surface area contributed by atoms with Crippen LogP contribution in [0.15, 0.2) is 36.4 Å². The van der Waals surface area contributed by atoms with Crippen LogP contribution in [-0.2, 0) is 0 Å². The molecule has 1 aromatic carbocycles. The second-order valence-electron chi connectivity index (χ2n) is 5.84. The minimum absolute atomic E-state index is 0.0391. The Bertz CT molecular complexity index is 750. The van der Waals surface area contributed by atoms with Crippen LogP contribution in [0.25, 0.3) is 0 Å². The topological polar surface area (TPSA) is 79.1 Å². The second-order valence-corrected chi connectivity index (χ2v) is 5.84. The smallest absolute Gasteiger partial charge is 0.253 e. The molecule has 0 saturated carbocycles. The Morgan fingerprint density at radius 1 is 1.25 bits per heavy atom. The van der Waals surface area contributed by atoms with Gasteiger partial charge in [0.05, 0.1) is 23.9 Å². The van der Waals surface area contributed by atoms with Crippen LogP contribution in [0.4, 0.5) is 0 Å². The highest BCUT2D eigenvalue weighted by Gasteiger charge is 2.26. The van der Waals surface area contributed by atoms with Gasteiger partial charge in [-0.15, -0.1) is 5.10 Å². The summed E-state index contributed by atoms with van der Waals surface area (Å²) in [4.78, 5) is 14.4. The van der Waals surface area contributed by atoms with Gasteiger partial charge in [-0.2, -0.15) is 10.4 Å². The molecule has 2 aromatic rings. The normalized spacial score (nSPS) is 17.2. The molecule has 1 aliphatic heterocycles. The summed E-state index contributed by atoms with van der Waals surface area (Å²) in [5.41, 5.74) is 1.97. The highest BCUT2D eigenvalue weighted by Crippen LogP contribution is 2.18. The summed E-state index contributed by atoms with van der Waals surface area (Å²) in [5.74, 6) is 0.445. The Morgan fingerprint density at radius 2 is 2.04 bits per heavy atom. The van der Waals surface area contributed by atoms with Crippen molar-refractivity contribution in [2.45, 2.75) is 25.9 Å². The van der Waals surface area contributed by atoms with Crippen LogP contribution in [0.3, 0.4) is 0 Å². The minimum atomic E-state index is -0.0851. The lowest BCUT2D eigenvalue weighted by Crippen LogP contribution is -2.44. The maximum absolute atomic E-state index is 12.6. The summed E-state index contributed by atoms with van der Waals surface area (Å²) in [6.45, 7) is 3.10. The highest BCUT2D eigenvalue weighted by molar-refractivity contribution is 5.94. The Morgan fingerprint density at radius 3 is 2.71 bits per heavy atom. The van der Waals surface area contributed by atoms with Crippen LogP contribution in [0.1, 0.15) is 34.5 Å². The number of aryl methyl sites for hydroxylation is 1. The zero-order valence-electron chi connectivity index (χ0n) is 13.5. The van der Waals surface area contributed by atoms with Crippen molar-refractivity contribution in [3.8, 4) is 11.9 Å². The number of hydrogen-bond acceptors (Lipinski definition) is 5. The molecule has 1 aliphatic rings. The number of carbonyl (C=O) groups is 1. The van der Waals surface area contributed by atoms with Crippen LogP contribution in [-0.4, -0.2) is 40.2 Å². The molecule has 0 N–H and O–H groups in total. The fraction of sp³-hybridized carbons (Fsp3) is 0.333. The third kappa shape index (κ3) is 3.69. The van der Waals surface area contributed by atoms with Crippen molar-refractivity contribution < 1.29 is 9.53 Å². The predicted octanol–water partition coefficient (Wildman–Crippen LogP) is 2.34. The van der Waals surface area contributed by atoms with E-state index in [-0.39, 0.29) is 12.0 Å². The number of amides is 1. The third-order valence-corrected chi connectivity index (χ3v) is 3.99. The minimum Gasteiger partial charge on any atom is -0.471 e. The van der Waals surface area contributed by atoms with Crippen LogP contribution in [0.5, 0.6) is 5.88 Å². The number of hydrogen-bond donors (Lipinski definition) is 0. The lowest BCUT2D eigenvalue weighted by molar-refractivity contribution is 0.0525. The fourth-order valence-electron chi connectivity index (χ4n) is 2.71. The Hall–Kier alpha value is -2.94. The number of likely N-dealkylation sites (tertiary alicyclic amines) is 1. The summed E-state index contributed by atoms with van der Waals surface area (Å²) in [6.07, 6.45) is 1.68. The lowest BCUT2D eigenvalue weighted by atomic mass is 10.1. The first kappa shape index (κ1) is 15.9. The van der Waals surface area contributed by atoms with E-state index in [1.807, 2.05) is 13.0 Å². The molecule has 1 amide bonds. The van der Waals surface area contributed by atoms with Crippen molar-refractivity contribution in [2.24, 2.45) is 0 Å². The van der Waals surface area contributed by atoms with Gasteiger partial charge in [-0.05, 0) is 50.1 Å². The van der Waals surface area contributed by atoms with Crippen molar-refractivity contribution in [2.75, 3.05) is 13.1 Å². The number of nitrogens with zero attached hydrogens (tertiary/aromatic N) is 4. The van der Waals surface area contributed by atoms with Gasteiger partial charge < -0.3 is 9.64 Å². The highest BCUT2D eigenvalue weighted by atomic mass is 16.5. The van der Waals surface area contributed by atoms with Gasteiger partial charge in [-0.3, -0.25) is 4.79 Å². The Labute approximate surface area is 140 Å². The van der Waals surface area contributed by atoms with E-state index in [9.17, 15) is 4.79 Å². The van der Waals surface area contributed by atoms with E-state index in [2.05, 4.69) is 16.3 Å². The molecule has 0 aliphatic carbocycles. The predicted molar refractivity (Wildman–Crippen MR) is 87.5 cm³/mol. The number of nitriles is 1. The van der Waals surface area contributed by atoms with Gasteiger partial charge in [-0.1, -0.05) is 0 Å². The van der Waals surface area contributed by atoms with E-state index in [0.29, 0.717) is 30.1 Å². The molecule has 1 unspecified atom stereocenters. The van der Waals surface area contributed by atoms with Crippen molar-refractivity contribution >= 4 is 5.91 Å². The van der Waals surface area contributed by atoms with E-state index in [1.165, 1.54) is 0 Å². The Kier molecular flexibility index (Phi) is 4.71. The first-order valence-corrected chi connectivity index (χ1v) is 7.92. The molecule has 1 fully saturated rings. The summed E-state index contributed by atoms with van der Waals surface area (Å²) in [7, 11) is 0. The largest absolute Gasteiger partial charge is 0.471 e. The standard InChI is InChI=1S/C18H18N4O2/c1-13-4-9-17(21-20-13)24-16-3-2-10-22(12-16)18(23)15-7-5-14(11-19)6-8-15/h4-9,16H,2-3,10,12H2,1H3. The monoisotopic (exact) mass is 322 g/mol. The summed E-state index contributed by atoms with van der Waals surface area (Å²) in [6, 6.07) is 12.4. The Balaban J connectivity index is 1.65. The number of piperidine rings is 1. The van der Waals surface area contributed by atoms with Gasteiger partial charge in [0.1, 0.15) is 6.10 Å². The zero-order chi connectivity index (χ0) is 16.9. The third-order valence-electron chi connectivity index (χ3n) is 3.99. The summed E-state index contributed by atoms with van der Waals surface area (Å²) in [5, 5.41) is 16.8. The molecule has 0 spiro atoms. The van der Waals surface area contributed by atoms with Crippen LogP contribution < -0.4 is 4.74 Å². The lowest BCUT2D eigenvalue weighted by Gasteiger charge is -2.32. The van der Waals surface area contributed by atoms with E-state index in [0.717, 1.165) is 18.5 Å². The molecule has 6 heteroatoms. The number of ether oxygens (including phenoxy) is 1. The molecule has 3 rings (SSSR count). The number of aromatic nitrogens is 2. The van der Waals surface area contributed by atoms with E-state index in [4.69, 9.17) is 10.00 Å². The maximum atomic E-state index is 12.6. The molecule has 1 atom stereocenters. The summed E-state index contributed by atoms with van der Waals surface area (Å²) >= 11 is 0. The molecular formula is C18H18N4O2. The van der Waals surface area contributed by atoms with Gasteiger partial charge in [0.2, 0.25) is 5.88 Å². The SMILES string of the molecule is Cc1ccc(OC2CCCN(C(=O)c3ccc(C#N)cc3)C2)nn1. The van der Waals surface area contributed by atoms with Gasteiger partial charge in [-0.25, -0.2) is 0 Å². The van der Waals surface area contributed by atoms with Gasteiger partial charge in [0.15, 0.2) is 0 Å². The molecular weight excluding hydrogens is 304 g/mol. The molecule has 122 valence electrons. The van der Waals surface area contributed by atoms with Crippen molar-refractivity contribution in [1.82, 2.24) is 15.1 Å². The number of rotatable bonds is 3. The number of carbonyl (C=O) groups excluding carboxylic acids is 1. The van der Waals surface area contributed by atoms with Gasteiger partial charge in [0, 0.05) is 18.2 Å². The van der Waals surface area contributed by atoms with E-state index >= 15 is 0 Å². The molecule has 0 bridgehead atoms. The van der Waals surface area contributed by atoms with E-state index < -0.39 is 0 Å². The average molecular weight is 322 g/mol. The summed E-state index contributed by atoms with van der Waals surface area (Å²) < 4.78 is 5.85. The molecule has 1 saturated heterocycles. The first-order valence-electron chi connectivity index (χ1n) is 7.92. The van der Waals surface area contributed by atoms with Crippen LogP contribution in [0, 0.1) is 18.3 Å². The van der Waals surface area contributed by atoms with Crippen LogP contribution in [0.2, 0.25) is 0 Å². The molecule has 1 aromatic heterocycles. The molecule has 0 radical (unpaired) electrons. The second kappa shape index (κ2) is 7.09. The van der Waals surface area contributed by atoms with Crippen molar-refractivity contribution in [3.05, 3.63) is 53.2 Å². The van der Waals surface area contributed by atoms with Gasteiger partial charge in [0.25, 0.3) is 5.91 Å². The van der Waals surface area contributed by atoms with Crippen LogP contribution >= 0.6 is 0 Å². The maximum Gasteiger partial charge on any atom is 0.253 e. The molecule has 6 nitrogen and oxygen atoms in total. The zero-order valence-corrected chi connectivity index (χ0v) is 13.5. The quantitative estimate of drug-likeness (QED) is 0.866. The van der Waals surface area contributed by atoms with Crippen molar-refractivity contribution in [3.63, 3.8) is 0 Å². The molecule has 24 heavy (non-hydrogen) atoms. The van der Waals surface area contributed by atoms with E-state index in [1.54, 1.807) is 35.2 Å². The first-order chi connectivity index (χ1) is 11.7.